The average Bonchev–Trinajstić information content (AvgIpc) is 2.55. The van der Waals surface area contributed by atoms with Gasteiger partial charge in [-0.15, -0.1) is 11.3 Å². The number of hydrogen-bond acceptors (Lipinski definition) is 2. The molecule has 66 valence electrons. The molecule has 2 aromatic rings. The Morgan fingerprint density at radius 2 is 2.08 bits per heavy atom. The third-order valence-electron chi connectivity index (χ3n) is 1.71. The van der Waals surface area contributed by atoms with E-state index in [1.807, 2.05) is 6.07 Å². The fraction of sp³-hybridized carbons (Fsp3) is 0. The maximum atomic E-state index is 10.6. The second kappa shape index (κ2) is 3.82. The van der Waals surface area contributed by atoms with Crippen molar-refractivity contribution in [3.05, 3.63) is 30.2 Å². The van der Waals surface area contributed by atoms with Crippen molar-refractivity contribution in [2.45, 2.75) is 0 Å². The zero-order chi connectivity index (χ0) is 9.42. The number of rotatable bonds is 1. The molecule has 0 saturated heterocycles. The summed E-state index contributed by atoms with van der Waals surface area (Å²) < 4.78 is 3.70. The third-order valence-corrected chi connectivity index (χ3v) is 6.23. The molecule has 0 N–H and O–H groups in total. The van der Waals surface area contributed by atoms with Gasteiger partial charge in [0, 0.05) is 11.8 Å². The Balaban J connectivity index is 2.83. The minimum atomic E-state index is 0.801. The van der Waals surface area contributed by atoms with Gasteiger partial charge in [-0.2, -0.15) is 0 Å². The van der Waals surface area contributed by atoms with Crippen LogP contribution >= 0.6 is 56.5 Å². The molecular formula is C9H4I2OS. The van der Waals surface area contributed by atoms with Gasteiger partial charge in [-0.1, -0.05) is 6.07 Å². The van der Waals surface area contributed by atoms with E-state index in [9.17, 15) is 4.79 Å². The van der Waals surface area contributed by atoms with Crippen molar-refractivity contribution in [3.63, 3.8) is 0 Å². The van der Waals surface area contributed by atoms with Gasteiger partial charge in [-0.05, 0) is 62.7 Å². The van der Waals surface area contributed by atoms with Crippen molar-refractivity contribution in [2.75, 3.05) is 0 Å². The lowest BCUT2D eigenvalue weighted by Crippen LogP contribution is -1.76. The first-order chi connectivity index (χ1) is 6.22. The lowest BCUT2D eigenvalue weighted by atomic mass is 10.2. The van der Waals surface area contributed by atoms with Crippen LogP contribution in [-0.2, 0) is 0 Å². The summed E-state index contributed by atoms with van der Waals surface area (Å²) in [5, 5.41) is 1.16. The number of carbonyl (C=O) groups excluding carboxylic acids is 1. The summed E-state index contributed by atoms with van der Waals surface area (Å²) in [4.78, 5) is 11.4. The van der Waals surface area contributed by atoms with Crippen LogP contribution in [0.25, 0.3) is 10.1 Å². The molecule has 1 aromatic heterocycles. The topological polar surface area (TPSA) is 17.1 Å². The third kappa shape index (κ3) is 1.75. The highest BCUT2D eigenvalue weighted by Gasteiger charge is 2.06. The number of thiophene rings is 1. The Kier molecular flexibility index (Phi) is 2.89. The molecule has 4 heteroatoms. The van der Waals surface area contributed by atoms with E-state index in [2.05, 4.69) is 57.3 Å². The van der Waals surface area contributed by atoms with E-state index in [4.69, 9.17) is 0 Å². The average molecular weight is 414 g/mol. The van der Waals surface area contributed by atoms with E-state index in [1.54, 1.807) is 11.3 Å². The molecule has 0 spiro atoms. The molecule has 0 radical (unpaired) electrons. The van der Waals surface area contributed by atoms with Crippen molar-refractivity contribution in [1.82, 2.24) is 0 Å². The van der Waals surface area contributed by atoms with Crippen molar-refractivity contribution >= 4 is 72.9 Å². The fourth-order valence-corrected chi connectivity index (χ4v) is 3.49. The molecule has 1 heterocycles. The molecule has 0 amide bonds. The minimum absolute atomic E-state index is 0.801. The summed E-state index contributed by atoms with van der Waals surface area (Å²) >= 11 is 6.18. The highest BCUT2D eigenvalue weighted by atomic mass is 127. The van der Waals surface area contributed by atoms with Crippen LogP contribution in [0.2, 0.25) is 0 Å². The first-order valence-electron chi connectivity index (χ1n) is 3.55. The lowest BCUT2D eigenvalue weighted by Gasteiger charge is -1.95. The van der Waals surface area contributed by atoms with Gasteiger partial charge in [0.2, 0.25) is 0 Å². The summed E-state index contributed by atoms with van der Waals surface area (Å²) in [6, 6.07) is 6.07. The van der Waals surface area contributed by atoms with Gasteiger partial charge in [0.05, 0.1) is 4.88 Å². The predicted octanol–water partition coefficient (Wildman–Crippen LogP) is 3.92. The quantitative estimate of drug-likeness (QED) is 0.511. The highest BCUT2D eigenvalue weighted by molar-refractivity contribution is 14.1. The van der Waals surface area contributed by atoms with Gasteiger partial charge in [0.1, 0.15) is 0 Å². The summed E-state index contributed by atoms with van der Waals surface area (Å²) in [6.07, 6.45) is 0.910. The van der Waals surface area contributed by atoms with Crippen LogP contribution in [0.3, 0.4) is 0 Å². The number of hydrogen-bond donors (Lipinski definition) is 0. The summed E-state index contributed by atoms with van der Waals surface area (Å²) in [5.74, 6) is 0. The molecule has 13 heavy (non-hydrogen) atoms. The summed E-state index contributed by atoms with van der Waals surface area (Å²) in [7, 11) is 0. The SMILES string of the molecule is O=Cc1cc2ccc(I)c(I)c2s1. The van der Waals surface area contributed by atoms with Gasteiger partial charge >= 0.3 is 0 Å². The van der Waals surface area contributed by atoms with Crippen molar-refractivity contribution in [2.24, 2.45) is 0 Å². The molecule has 0 bridgehead atoms. The Morgan fingerprint density at radius 1 is 1.31 bits per heavy atom. The summed E-state index contributed by atoms with van der Waals surface area (Å²) in [5.41, 5.74) is 0. The zero-order valence-electron chi connectivity index (χ0n) is 6.38. The Hall–Kier alpha value is 0.310. The van der Waals surface area contributed by atoms with Gasteiger partial charge in [0.25, 0.3) is 0 Å². The molecule has 0 atom stereocenters. The van der Waals surface area contributed by atoms with Gasteiger partial charge in [0.15, 0.2) is 6.29 Å². The van der Waals surface area contributed by atoms with Crippen molar-refractivity contribution < 1.29 is 4.79 Å². The van der Waals surface area contributed by atoms with Gasteiger partial charge < -0.3 is 0 Å². The predicted molar refractivity (Wildman–Crippen MR) is 72.6 cm³/mol. The molecule has 0 aliphatic heterocycles. The normalized spacial score (nSPS) is 10.6. The Labute approximate surface area is 107 Å². The standard InChI is InChI=1S/C9H4I2OS/c10-7-2-1-5-3-6(4-12)13-9(5)8(7)11/h1-4H. The van der Waals surface area contributed by atoms with E-state index < -0.39 is 0 Å². The van der Waals surface area contributed by atoms with Crippen LogP contribution in [0.15, 0.2) is 18.2 Å². The van der Waals surface area contributed by atoms with Crippen LogP contribution in [0, 0.1) is 7.14 Å². The van der Waals surface area contributed by atoms with E-state index in [0.717, 1.165) is 16.5 Å². The van der Waals surface area contributed by atoms with Crippen LogP contribution < -0.4 is 0 Å². The maximum absolute atomic E-state index is 10.6. The number of benzene rings is 1. The number of carbonyl (C=O) groups is 1. The molecule has 1 aromatic carbocycles. The minimum Gasteiger partial charge on any atom is -0.297 e. The zero-order valence-corrected chi connectivity index (χ0v) is 11.5. The van der Waals surface area contributed by atoms with Crippen LogP contribution in [-0.4, -0.2) is 6.29 Å². The molecule has 0 unspecified atom stereocenters. The van der Waals surface area contributed by atoms with Gasteiger partial charge in [-0.25, -0.2) is 0 Å². The monoisotopic (exact) mass is 414 g/mol. The molecule has 0 fully saturated rings. The molecule has 1 nitrogen and oxygen atoms in total. The van der Waals surface area contributed by atoms with E-state index in [0.29, 0.717) is 0 Å². The number of fused-ring (bicyclic) bond motifs is 1. The largest absolute Gasteiger partial charge is 0.297 e. The highest BCUT2D eigenvalue weighted by Crippen LogP contribution is 2.31. The van der Waals surface area contributed by atoms with E-state index >= 15 is 0 Å². The van der Waals surface area contributed by atoms with Gasteiger partial charge in [-0.3, -0.25) is 4.79 Å². The van der Waals surface area contributed by atoms with Crippen molar-refractivity contribution in [1.29, 1.82) is 0 Å². The Bertz CT molecular complexity index is 476. The lowest BCUT2D eigenvalue weighted by molar-refractivity contribution is 0.112. The Morgan fingerprint density at radius 3 is 2.77 bits per heavy atom. The maximum Gasteiger partial charge on any atom is 0.160 e. The van der Waals surface area contributed by atoms with Crippen molar-refractivity contribution in [3.8, 4) is 0 Å². The van der Waals surface area contributed by atoms with Crippen LogP contribution in [0.5, 0.6) is 0 Å². The number of aldehydes is 1. The molecular weight excluding hydrogens is 410 g/mol. The van der Waals surface area contributed by atoms with Crippen LogP contribution in [0.1, 0.15) is 9.67 Å². The summed E-state index contributed by atoms with van der Waals surface area (Å²) in [6.45, 7) is 0. The molecule has 0 aliphatic rings. The molecule has 2 rings (SSSR count). The molecule has 0 aliphatic carbocycles. The van der Waals surface area contributed by atoms with Crippen LogP contribution in [0.4, 0.5) is 0 Å². The first-order valence-corrected chi connectivity index (χ1v) is 6.52. The first kappa shape index (κ1) is 9.85. The molecule has 0 saturated carbocycles. The smallest absolute Gasteiger partial charge is 0.160 e. The second-order valence-corrected chi connectivity index (χ2v) is 5.87. The van der Waals surface area contributed by atoms with E-state index in [1.165, 1.54) is 11.8 Å². The van der Waals surface area contributed by atoms with E-state index in [-0.39, 0.29) is 0 Å². The fourth-order valence-electron chi connectivity index (χ4n) is 1.12. The number of halogens is 2. The second-order valence-electron chi connectivity index (χ2n) is 2.55.